The number of hydrogen-bond acceptors (Lipinski definition) is 6. The van der Waals surface area contributed by atoms with Crippen molar-refractivity contribution < 1.29 is 27.4 Å². The fraction of sp³-hybridized carbons (Fsp3) is 0.433. The van der Waals surface area contributed by atoms with Gasteiger partial charge in [-0.25, -0.2) is 0 Å². The number of aryl methyl sites for hydroxylation is 1. The van der Waals surface area contributed by atoms with Crippen LogP contribution in [0.25, 0.3) is 6.08 Å². The first kappa shape index (κ1) is 32.9. The van der Waals surface area contributed by atoms with E-state index in [1.165, 1.54) is 0 Å². The van der Waals surface area contributed by atoms with Crippen LogP contribution in [0.2, 0.25) is 0 Å². The van der Waals surface area contributed by atoms with Gasteiger partial charge in [0.1, 0.15) is 0 Å². The summed E-state index contributed by atoms with van der Waals surface area (Å²) < 4.78 is 33.2. The van der Waals surface area contributed by atoms with E-state index in [4.69, 9.17) is 5.73 Å². The SMILES string of the molecule is C=Cc1ccccc1CN(C(=O)CCCCC(=O)C(CNC(=O)CCCCCN)S(=O)(=O)O)c1ccccc1C. The van der Waals surface area contributed by atoms with Gasteiger partial charge in [-0.05, 0) is 61.9 Å². The number of carbonyl (C=O) groups is 3. The van der Waals surface area contributed by atoms with Crippen molar-refractivity contribution >= 4 is 39.5 Å². The molecule has 0 radical (unpaired) electrons. The molecule has 2 aromatic carbocycles. The summed E-state index contributed by atoms with van der Waals surface area (Å²) in [5.74, 6) is -1.22. The molecule has 0 heterocycles. The predicted octanol–water partition coefficient (Wildman–Crippen LogP) is 4.19. The predicted molar refractivity (Wildman–Crippen MR) is 158 cm³/mol. The molecule has 0 fully saturated rings. The number of nitrogens with zero attached hydrogens (tertiary/aromatic N) is 1. The molecule has 0 aliphatic heterocycles. The van der Waals surface area contributed by atoms with Crippen LogP contribution in [0, 0.1) is 6.92 Å². The third-order valence-electron chi connectivity index (χ3n) is 6.69. The minimum absolute atomic E-state index is 0.131. The summed E-state index contributed by atoms with van der Waals surface area (Å²) in [5.41, 5.74) is 9.03. The fourth-order valence-corrected chi connectivity index (χ4v) is 5.12. The van der Waals surface area contributed by atoms with Crippen molar-refractivity contribution in [3.05, 3.63) is 71.8 Å². The number of benzene rings is 2. The lowest BCUT2D eigenvalue weighted by molar-refractivity contribution is -0.122. The number of unbranched alkanes of at least 4 members (excludes halogenated alkanes) is 3. The lowest BCUT2D eigenvalue weighted by Gasteiger charge is -2.25. The first-order valence-electron chi connectivity index (χ1n) is 13.6. The Morgan fingerprint density at radius 1 is 0.975 bits per heavy atom. The Kier molecular flexibility index (Phi) is 13.7. The molecule has 2 amide bonds. The number of nitrogens with two attached hydrogens (primary N) is 1. The minimum Gasteiger partial charge on any atom is -0.354 e. The molecule has 4 N–H and O–H groups in total. The van der Waals surface area contributed by atoms with E-state index in [-0.39, 0.29) is 31.6 Å². The summed E-state index contributed by atoms with van der Waals surface area (Å²) in [6.07, 6.45) is 4.69. The summed E-state index contributed by atoms with van der Waals surface area (Å²) in [6, 6.07) is 15.3. The average molecular weight is 572 g/mol. The molecule has 10 heteroatoms. The van der Waals surface area contributed by atoms with Crippen LogP contribution in [0.3, 0.4) is 0 Å². The van der Waals surface area contributed by atoms with Crippen LogP contribution in [0.1, 0.15) is 68.1 Å². The summed E-state index contributed by atoms with van der Waals surface area (Å²) >= 11 is 0. The first-order valence-corrected chi connectivity index (χ1v) is 15.1. The molecule has 0 saturated carbocycles. The number of carbonyl (C=O) groups excluding carboxylic acids is 3. The van der Waals surface area contributed by atoms with Gasteiger partial charge in [0.05, 0.1) is 6.54 Å². The maximum atomic E-state index is 13.4. The Morgan fingerprint density at radius 3 is 2.30 bits per heavy atom. The second kappa shape index (κ2) is 16.7. The van der Waals surface area contributed by atoms with E-state index >= 15 is 0 Å². The molecule has 0 saturated heterocycles. The van der Waals surface area contributed by atoms with Crippen LogP contribution in [-0.2, 0) is 31.0 Å². The van der Waals surface area contributed by atoms with Crippen molar-refractivity contribution in [3.8, 4) is 0 Å². The topological polar surface area (TPSA) is 147 Å². The fourth-order valence-electron chi connectivity index (χ4n) is 4.38. The molecular formula is C30H41N3O6S. The van der Waals surface area contributed by atoms with Gasteiger partial charge in [-0.3, -0.25) is 18.9 Å². The Bertz CT molecular complexity index is 1260. The number of anilines is 1. The summed E-state index contributed by atoms with van der Waals surface area (Å²) in [6.45, 7) is 6.18. The molecule has 9 nitrogen and oxygen atoms in total. The Labute approximate surface area is 237 Å². The summed E-state index contributed by atoms with van der Waals surface area (Å²) in [7, 11) is -4.70. The molecule has 218 valence electrons. The van der Waals surface area contributed by atoms with E-state index in [0.29, 0.717) is 25.9 Å². The van der Waals surface area contributed by atoms with E-state index in [0.717, 1.165) is 35.2 Å². The molecule has 0 spiro atoms. The number of rotatable bonds is 18. The van der Waals surface area contributed by atoms with Gasteiger partial charge in [0, 0.05) is 31.5 Å². The molecule has 0 aliphatic rings. The zero-order valence-electron chi connectivity index (χ0n) is 23.2. The van der Waals surface area contributed by atoms with Crippen LogP contribution < -0.4 is 16.0 Å². The molecule has 2 aromatic rings. The van der Waals surface area contributed by atoms with Crippen LogP contribution in [-0.4, -0.2) is 48.9 Å². The summed E-state index contributed by atoms with van der Waals surface area (Å²) in [4.78, 5) is 39.7. The van der Waals surface area contributed by atoms with Crippen LogP contribution >= 0.6 is 0 Å². The quantitative estimate of drug-likeness (QED) is 0.180. The third-order valence-corrected chi connectivity index (χ3v) is 7.83. The van der Waals surface area contributed by atoms with Gasteiger partial charge in [0.2, 0.25) is 11.8 Å². The van der Waals surface area contributed by atoms with Gasteiger partial charge >= 0.3 is 0 Å². The Morgan fingerprint density at radius 2 is 1.62 bits per heavy atom. The van der Waals surface area contributed by atoms with E-state index in [2.05, 4.69) is 11.9 Å². The van der Waals surface area contributed by atoms with Gasteiger partial charge in [-0.15, -0.1) is 0 Å². The maximum Gasteiger partial charge on any atom is 0.276 e. The van der Waals surface area contributed by atoms with Crippen molar-refractivity contribution in [1.29, 1.82) is 0 Å². The normalized spacial score (nSPS) is 12.0. The zero-order valence-corrected chi connectivity index (χ0v) is 24.0. The van der Waals surface area contributed by atoms with E-state index in [1.54, 1.807) is 11.0 Å². The number of para-hydroxylation sites is 1. The highest BCUT2D eigenvalue weighted by atomic mass is 32.2. The monoisotopic (exact) mass is 571 g/mol. The Balaban J connectivity index is 1.98. The average Bonchev–Trinajstić information content (AvgIpc) is 2.92. The smallest absolute Gasteiger partial charge is 0.276 e. The molecule has 40 heavy (non-hydrogen) atoms. The number of amides is 2. The number of nitrogens with one attached hydrogen (secondary N) is 1. The lowest BCUT2D eigenvalue weighted by atomic mass is 10.0. The zero-order chi connectivity index (χ0) is 29.5. The largest absolute Gasteiger partial charge is 0.354 e. The minimum atomic E-state index is -4.70. The molecule has 0 bridgehead atoms. The van der Waals surface area contributed by atoms with Gasteiger partial charge in [-0.1, -0.05) is 61.5 Å². The molecule has 0 aliphatic carbocycles. The van der Waals surface area contributed by atoms with Gasteiger partial charge in [0.15, 0.2) is 11.0 Å². The van der Waals surface area contributed by atoms with Crippen molar-refractivity contribution in [2.45, 2.75) is 70.1 Å². The van der Waals surface area contributed by atoms with E-state index in [1.807, 2.05) is 55.5 Å². The third kappa shape index (κ3) is 10.7. The van der Waals surface area contributed by atoms with Crippen LogP contribution in [0.5, 0.6) is 0 Å². The van der Waals surface area contributed by atoms with E-state index < -0.39 is 33.6 Å². The number of ketones is 1. The highest BCUT2D eigenvalue weighted by molar-refractivity contribution is 7.87. The van der Waals surface area contributed by atoms with Crippen molar-refractivity contribution in [3.63, 3.8) is 0 Å². The second-order valence-corrected chi connectivity index (χ2v) is 11.3. The molecule has 1 atom stereocenters. The molecule has 0 aromatic heterocycles. The standard InChI is InChI=1S/C30H41N3O6S/c1-3-24-14-7-8-15-25(24)22-33(26-16-9-6-13-23(26)2)30(36)19-11-10-17-27(34)28(40(37,38)39)21-32-29(35)18-5-4-12-20-31/h3,6-9,13-16,28H,1,4-5,10-12,17-22,31H2,2H3,(H,32,35)(H,37,38,39). The molecule has 1 unspecified atom stereocenters. The summed E-state index contributed by atoms with van der Waals surface area (Å²) in [5, 5.41) is 0.688. The first-order chi connectivity index (χ1) is 19.1. The van der Waals surface area contributed by atoms with Crippen LogP contribution in [0.15, 0.2) is 55.1 Å². The second-order valence-electron chi connectivity index (χ2n) is 9.75. The molecule has 2 rings (SSSR count). The highest BCUT2D eigenvalue weighted by Crippen LogP contribution is 2.25. The number of Topliss-reactive ketones (excluding diaryl/α,β-unsaturated/α-hetero) is 1. The van der Waals surface area contributed by atoms with Crippen molar-refractivity contribution in [2.75, 3.05) is 18.0 Å². The molecular weight excluding hydrogens is 530 g/mol. The van der Waals surface area contributed by atoms with E-state index in [9.17, 15) is 27.4 Å². The van der Waals surface area contributed by atoms with Crippen molar-refractivity contribution in [2.24, 2.45) is 5.73 Å². The van der Waals surface area contributed by atoms with Crippen molar-refractivity contribution in [1.82, 2.24) is 5.32 Å². The maximum absolute atomic E-state index is 13.4. The Hall–Kier alpha value is -3.34. The lowest BCUT2D eigenvalue weighted by Crippen LogP contribution is -2.41. The van der Waals surface area contributed by atoms with Crippen LogP contribution in [0.4, 0.5) is 5.69 Å². The number of hydrogen-bond donors (Lipinski definition) is 3. The van der Waals surface area contributed by atoms with Gasteiger partial charge in [-0.2, -0.15) is 8.42 Å². The highest BCUT2D eigenvalue weighted by Gasteiger charge is 2.30. The van der Waals surface area contributed by atoms with Gasteiger partial charge < -0.3 is 16.0 Å². The van der Waals surface area contributed by atoms with Gasteiger partial charge in [0.25, 0.3) is 10.1 Å².